The van der Waals surface area contributed by atoms with Crippen LogP contribution in [0.5, 0.6) is 0 Å². The van der Waals surface area contributed by atoms with Gasteiger partial charge in [-0.15, -0.1) is 0 Å². The van der Waals surface area contributed by atoms with Crippen molar-refractivity contribution < 1.29 is 28.7 Å². The third-order valence-electron chi connectivity index (χ3n) is 3.55. The highest BCUT2D eigenvalue weighted by Gasteiger charge is 2.30. The van der Waals surface area contributed by atoms with Gasteiger partial charge in [-0.3, -0.25) is 14.4 Å². The van der Waals surface area contributed by atoms with Gasteiger partial charge in [-0.05, 0) is 33.6 Å². The van der Waals surface area contributed by atoms with Crippen LogP contribution in [-0.2, 0) is 23.9 Å². The average molecular weight is 342 g/mol. The predicted octanol–water partition coefficient (Wildman–Crippen LogP) is 0.882. The zero-order valence-corrected chi connectivity index (χ0v) is 14.7. The fourth-order valence-electron chi connectivity index (χ4n) is 2.28. The summed E-state index contributed by atoms with van der Waals surface area (Å²) in [6, 6.07) is 0. The molecule has 0 saturated carbocycles. The first-order valence-electron chi connectivity index (χ1n) is 7.96. The van der Waals surface area contributed by atoms with Gasteiger partial charge in [0.15, 0.2) is 5.78 Å². The predicted molar refractivity (Wildman–Crippen MR) is 85.2 cm³/mol. The monoisotopic (exact) mass is 342 g/mol. The number of ether oxygens (including phenoxy) is 2. The second-order valence-electron chi connectivity index (χ2n) is 6.75. The van der Waals surface area contributed by atoms with Gasteiger partial charge in [0, 0.05) is 19.0 Å². The Hall–Kier alpha value is -2.12. The molecule has 1 saturated heterocycles. The van der Waals surface area contributed by atoms with Crippen molar-refractivity contribution in [3.05, 3.63) is 0 Å². The molecule has 0 aliphatic carbocycles. The standard InChI is InChI=1S/C16H26N2O6/c1-16(2,3)24-15(22)18-7-5-11(6-8-18)14(21)17-10-12(19)9-13(20)23-4/h11H,5-10H2,1-4H3,(H,17,21). The minimum Gasteiger partial charge on any atom is -0.469 e. The number of Topliss-reactive ketones (excluding diaryl/α,β-unsaturated/α-hetero) is 1. The highest BCUT2D eigenvalue weighted by Crippen LogP contribution is 2.19. The van der Waals surface area contributed by atoms with Crippen molar-refractivity contribution in [3.63, 3.8) is 0 Å². The van der Waals surface area contributed by atoms with Crippen LogP contribution in [0.25, 0.3) is 0 Å². The molecule has 0 atom stereocenters. The molecule has 8 nitrogen and oxygen atoms in total. The summed E-state index contributed by atoms with van der Waals surface area (Å²) in [6.45, 7) is 6.08. The van der Waals surface area contributed by atoms with Gasteiger partial charge in [0.05, 0.1) is 13.7 Å². The quantitative estimate of drug-likeness (QED) is 0.588. The lowest BCUT2D eigenvalue weighted by Gasteiger charge is -2.32. The zero-order valence-electron chi connectivity index (χ0n) is 14.7. The number of amides is 2. The van der Waals surface area contributed by atoms with Crippen molar-refractivity contribution in [2.75, 3.05) is 26.7 Å². The number of methoxy groups -OCH3 is 1. The molecule has 0 unspecified atom stereocenters. The van der Waals surface area contributed by atoms with Crippen molar-refractivity contribution in [3.8, 4) is 0 Å². The number of piperidine rings is 1. The molecular weight excluding hydrogens is 316 g/mol. The topological polar surface area (TPSA) is 102 Å². The number of hydrogen-bond donors (Lipinski definition) is 1. The van der Waals surface area contributed by atoms with E-state index in [9.17, 15) is 19.2 Å². The number of carbonyl (C=O) groups excluding carboxylic acids is 4. The summed E-state index contributed by atoms with van der Waals surface area (Å²) in [7, 11) is 1.20. The second-order valence-corrected chi connectivity index (χ2v) is 6.75. The fourth-order valence-corrected chi connectivity index (χ4v) is 2.28. The molecule has 1 N–H and O–H groups in total. The second kappa shape index (κ2) is 8.65. The summed E-state index contributed by atoms with van der Waals surface area (Å²) in [5, 5.41) is 2.53. The summed E-state index contributed by atoms with van der Waals surface area (Å²) in [6.07, 6.45) is 0.287. The first-order chi connectivity index (χ1) is 11.1. The lowest BCUT2D eigenvalue weighted by molar-refractivity contribution is -0.143. The molecule has 0 aromatic carbocycles. The molecule has 0 radical (unpaired) electrons. The van der Waals surface area contributed by atoms with Crippen LogP contribution >= 0.6 is 0 Å². The van der Waals surface area contributed by atoms with Gasteiger partial charge in [-0.1, -0.05) is 0 Å². The highest BCUT2D eigenvalue weighted by atomic mass is 16.6. The van der Waals surface area contributed by atoms with E-state index in [1.807, 2.05) is 0 Å². The molecule has 1 fully saturated rings. The van der Waals surface area contributed by atoms with E-state index in [1.165, 1.54) is 7.11 Å². The van der Waals surface area contributed by atoms with E-state index in [2.05, 4.69) is 10.1 Å². The van der Waals surface area contributed by atoms with Gasteiger partial charge in [-0.2, -0.15) is 0 Å². The molecule has 0 aromatic rings. The van der Waals surface area contributed by atoms with Crippen molar-refractivity contribution in [1.82, 2.24) is 10.2 Å². The number of ketones is 1. The van der Waals surface area contributed by atoms with E-state index >= 15 is 0 Å². The molecule has 24 heavy (non-hydrogen) atoms. The van der Waals surface area contributed by atoms with Crippen LogP contribution in [-0.4, -0.2) is 61.0 Å². The minimum atomic E-state index is -0.625. The van der Waals surface area contributed by atoms with E-state index in [-0.39, 0.29) is 30.9 Å². The van der Waals surface area contributed by atoms with Gasteiger partial charge in [0.25, 0.3) is 0 Å². The largest absolute Gasteiger partial charge is 0.469 e. The molecule has 1 aliphatic heterocycles. The van der Waals surface area contributed by atoms with Crippen LogP contribution in [0.3, 0.4) is 0 Å². The highest BCUT2D eigenvalue weighted by molar-refractivity contribution is 5.98. The van der Waals surface area contributed by atoms with Crippen molar-refractivity contribution in [1.29, 1.82) is 0 Å². The summed E-state index contributed by atoms with van der Waals surface area (Å²) >= 11 is 0. The van der Waals surface area contributed by atoms with E-state index < -0.39 is 17.4 Å². The molecule has 0 bridgehead atoms. The van der Waals surface area contributed by atoms with Crippen LogP contribution in [0.15, 0.2) is 0 Å². The minimum absolute atomic E-state index is 0.194. The Bertz CT molecular complexity index is 489. The molecule has 1 heterocycles. The molecule has 2 amide bonds. The average Bonchev–Trinajstić information content (AvgIpc) is 2.51. The number of nitrogens with zero attached hydrogens (tertiary/aromatic N) is 1. The summed E-state index contributed by atoms with van der Waals surface area (Å²) in [4.78, 5) is 48.0. The van der Waals surface area contributed by atoms with Crippen molar-refractivity contribution in [2.45, 2.75) is 45.6 Å². The number of likely N-dealkylation sites (tertiary alicyclic amines) is 1. The van der Waals surface area contributed by atoms with Crippen LogP contribution in [0.4, 0.5) is 4.79 Å². The van der Waals surface area contributed by atoms with Crippen molar-refractivity contribution in [2.24, 2.45) is 5.92 Å². The maximum atomic E-state index is 12.0. The SMILES string of the molecule is COC(=O)CC(=O)CNC(=O)C1CCN(C(=O)OC(C)(C)C)CC1. The number of hydrogen-bond acceptors (Lipinski definition) is 6. The van der Waals surface area contributed by atoms with Gasteiger partial charge >= 0.3 is 12.1 Å². The van der Waals surface area contributed by atoms with Gasteiger partial charge in [-0.25, -0.2) is 4.79 Å². The molecule has 0 aromatic heterocycles. The Balaban J connectivity index is 2.34. The summed E-state index contributed by atoms with van der Waals surface area (Å²) in [5.41, 5.74) is -0.550. The van der Waals surface area contributed by atoms with Crippen LogP contribution in [0.2, 0.25) is 0 Å². The number of carbonyl (C=O) groups is 4. The van der Waals surface area contributed by atoms with Gasteiger partial charge in [0.1, 0.15) is 12.0 Å². The molecule has 0 spiro atoms. The third kappa shape index (κ3) is 6.97. The van der Waals surface area contributed by atoms with Crippen LogP contribution < -0.4 is 5.32 Å². The maximum absolute atomic E-state index is 12.0. The number of nitrogens with one attached hydrogen (secondary N) is 1. The molecular formula is C16H26N2O6. The Morgan fingerprint density at radius 3 is 2.21 bits per heavy atom. The van der Waals surface area contributed by atoms with Crippen molar-refractivity contribution >= 4 is 23.8 Å². The van der Waals surface area contributed by atoms with E-state index in [4.69, 9.17) is 4.74 Å². The van der Waals surface area contributed by atoms with Gasteiger partial charge in [0.2, 0.25) is 5.91 Å². The molecule has 8 heteroatoms. The van der Waals surface area contributed by atoms with Crippen LogP contribution in [0, 0.1) is 5.92 Å². The normalized spacial score (nSPS) is 15.6. The number of rotatable bonds is 5. The fraction of sp³-hybridized carbons (Fsp3) is 0.750. The Labute approximate surface area is 141 Å². The van der Waals surface area contributed by atoms with E-state index in [0.717, 1.165) is 0 Å². The maximum Gasteiger partial charge on any atom is 0.410 e. The first kappa shape index (κ1) is 19.9. The zero-order chi connectivity index (χ0) is 18.3. The Morgan fingerprint density at radius 1 is 1.12 bits per heavy atom. The Kier molecular flexibility index (Phi) is 7.18. The van der Waals surface area contributed by atoms with Gasteiger partial charge < -0.3 is 19.7 Å². The summed E-state index contributed by atoms with van der Waals surface area (Å²) < 4.78 is 9.69. The van der Waals surface area contributed by atoms with Crippen LogP contribution in [0.1, 0.15) is 40.0 Å². The molecule has 1 aliphatic rings. The number of esters is 1. The third-order valence-corrected chi connectivity index (χ3v) is 3.55. The summed E-state index contributed by atoms with van der Waals surface area (Å²) in [5.74, 6) is -1.52. The molecule has 136 valence electrons. The smallest absolute Gasteiger partial charge is 0.410 e. The van der Waals surface area contributed by atoms with E-state index in [0.29, 0.717) is 25.9 Å². The lowest BCUT2D eigenvalue weighted by atomic mass is 9.96. The first-order valence-corrected chi connectivity index (χ1v) is 7.96. The van der Waals surface area contributed by atoms with E-state index in [1.54, 1.807) is 25.7 Å². The Morgan fingerprint density at radius 2 is 1.71 bits per heavy atom. The molecule has 1 rings (SSSR count). The lowest BCUT2D eigenvalue weighted by Crippen LogP contribution is -2.45.